The number of rotatable bonds is 18. The Labute approximate surface area is 365 Å². The van der Waals surface area contributed by atoms with Crippen molar-refractivity contribution < 1.29 is 33.7 Å². The highest BCUT2D eigenvalue weighted by molar-refractivity contribution is 8.14. The fourth-order valence-electron chi connectivity index (χ4n) is 7.25. The van der Waals surface area contributed by atoms with Crippen LogP contribution in [0.4, 0.5) is 0 Å². The van der Waals surface area contributed by atoms with Crippen LogP contribution in [0.5, 0.6) is 0 Å². The lowest BCUT2D eigenvalue weighted by Crippen LogP contribution is -2.42. The van der Waals surface area contributed by atoms with Crippen LogP contribution in [0.25, 0.3) is 0 Å². The normalized spacial score (nSPS) is 17.0. The average Bonchev–Trinajstić information content (AvgIpc) is 3.28. The van der Waals surface area contributed by atoms with Gasteiger partial charge in [0.15, 0.2) is 0 Å². The third kappa shape index (κ3) is 12.4. The molecule has 0 unspecified atom stereocenters. The van der Waals surface area contributed by atoms with Crippen LogP contribution in [0.1, 0.15) is 64.2 Å². The zero-order valence-corrected chi connectivity index (χ0v) is 38.0. The molecular formula is C42H52N4O8S6. The summed E-state index contributed by atoms with van der Waals surface area (Å²) in [5.74, 6) is 0.173. The van der Waals surface area contributed by atoms with E-state index >= 15 is 0 Å². The molecule has 2 atom stereocenters. The second-order valence-electron chi connectivity index (χ2n) is 14.4. The molecule has 0 aliphatic heterocycles. The zero-order chi connectivity index (χ0) is 43.2. The Morgan fingerprint density at radius 1 is 0.450 bits per heavy atom. The molecule has 2 aliphatic rings. The van der Waals surface area contributed by atoms with Gasteiger partial charge in [-0.05, 0) is 86.1 Å². The van der Waals surface area contributed by atoms with Gasteiger partial charge in [0.05, 0.1) is 31.7 Å². The van der Waals surface area contributed by atoms with Gasteiger partial charge >= 0.3 is 0 Å². The van der Waals surface area contributed by atoms with E-state index in [0.29, 0.717) is 24.3 Å². The van der Waals surface area contributed by atoms with E-state index in [-0.39, 0.29) is 31.4 Å². The van der Waals surface area contributed by atoms with Crippen LogP contribution in [0.2, 0.25) is 0 Å². The van der Waals surface area contributed by atoms with Gasteiger partial charge < -0.3 is 0 Å². The summed E-state index contributed by atoms with van der Waals surface area (Å²) in [5, 5.41) is 0. The maximum Gasteiger partial charge on any atom is 0.253 e. The minimum atomic E-state index is -3.97. The lowest BCUT2D eigenvalue weighted by atomic mass is 9.84. The molecule has 324 valence electrons. The molecule has 2 fully saturated rings. The molecule has 2 saturated carbocycles. The fourth-order valence-corrected chi connectivity index (χ4v) is 15.6. The third-order valence-electron chi connectivity index (χ3n) is 10.4. The van der Waals surface area contributed by atoms with E-state index in [2.05, 4.69) is 21.4 Å². The minimum absolute atomic E-state index is 0.0716. The van der Waals surface area contributed by atoms with Crippen molar-refractivity contribution >= 4 is 64.4 Å². The molecular weight excluding hydrogens is 881 g/mol. The minimum Gasteiger partial charge on any atom is -0.206 e. The molecule has 0 heterocycles. The first kappa shape index (κ1) is 47.7. The molecule has 60 heavy (non-hydrogen) atoms. The van der Waals surface area contributed by atoms with Crippen molar-refractivity contribution in [2.75, 3.05) is 0 Å². The van der Waals surface area contributed by atoms with Crippen molar-refractivity contribution in [2.45, 2.75) is 95.9 Å². The molecule has 4 aromatic carbocycles. The predicted molar refractivity (Wildman–Crippen MR) is 241 cm³/mol. The molecule has 0 radical (unpaired) electrons. The summed E-state index contributed by atoms with van der Waals surface area (Å²) in [5.41, 5.74) is 0. The highest BCUT2D eigenvalue weighted by Gasteiger charge is 2.39. The predicted octanol–water partition coefficient (Wildman–Crippen LogP) is 8.71. The lowest BCUT2D eigenvalue weighted by Gasteiger charge is -2.35. The maximum absolute atomic E-state index is 13.5. The van der Waals surface area contributed by atoms with Crippen LogP contribution >= 0.6 is 24.3 Å². The first-order valence-corrected chi connectivity index (χ1v) is 27.0. The molecule has 0 spiro atoms. The zero-order valence-electron chi connectivity index (χ0n) is 33.1. The number of benzene rings is 4. The molecule has 6 rings (SSSR count). The molecule has 0 amide bonds. The molecule has 0 saturated heterocycles. The average molecular weight is 933 g/mol. The van der Waals surface area contributed by atoms with Crippen molar-refractivity contribution in [3.63, 3.8) is 0 Å². The van der Waals surface area contributed by atoms with Crippen LogP contribution in [-0.4, -0.2) is 53.2 Å². The van der Waals surface area contributed by atoms with Crippen molar-refractivity contribution in [3.8, 4) is 0 Å². The first-order chi connectivity index (χ1) is 28.7. The quantitative estimate of drug-likeness (QED) is 0.0728. The monoisotopic (exact) mass is 932 g/mol. The topological polar surface area (TPSA) is 167 Å². The van der Waals surface area contributed by atoms with Gasteiger partial charge in [0.1, 0.15) is 0 Å². The SMILES string of the molecule is C=C[C@H](C1CCCCC1)N(SNS(=O)(=O)c1ccccc1)S(=O)(=O)c1ccccc1.C=C[C@H](C1CCCCC1)N(SNS(=O)(=O)c1ccccc1)S(=O)(=O)c1ccccc1. The highest BCUT2D eigenvalue weighted by Crippen LogP contribution is 2.37. The van der Waals surface area contributed by atoms with E-state index in [0.717, 1.165) is 71.6 Å². The molecule has 2 aliphatic carbocycles. The number of hydrogen-bond acceptors (Lipinski definition) is 10. The second kappa shape index (κ2) is 22.2. The molecule has 0 bridgehead atoms. The lowest BCUT2D eigenvalue weighted by molar-refractivity contribution is 0.284. The Kier molecular flexibility index (Phi) is 17.6. The highest BCUT2D eigenvalue weighted by atomic mass is 32.3. The second-order valence-corrected chi connectivity index (χ2v) is 23.9. The van der Waals surface area contributed by atoms with E-state index in [9.17, 15) is 33.7 Å². The van der Waals surface area contributed by atoms with Crippen molar-refractivity contribution in [3.05, 3.63) is 147 Å². The van der Waals surface area contributed by atoms with Crippen molar-refractivity contribution in [2.24, 2.45) is 11.8 Å². The summed E-state index contributed by atoms with van der Waals surface area (Å²) in [6.07, 6.45) is 13.1. The maximum atomic E-state index is 13.5. The summed E-state index contributed by atoms with van der Waals surface area (Å²) in [7, 11) is -15.7. The summed E-state index contributed by atoms with van der Waals surface area (Å²) in [4.78, 5) is 0.364. The van der Waals surface area contributed by atoms with Gasteiger partial charge in [-0.1, -0.05) is 123 Å². The third-order valence-corrected chi connectivity index (χ3v) is 20.2. The Morgan fingerprint density at radius 2 is 0.717 bits per heavy atom. The summed E-state index contributed by atoms with van der Waals surface area (Å²) >= 11 is 1.18. The van der Waals surface area contributed by atoms with E-state index in [1.807, 2.05) is 0 Å². The Morgan fingerprint density at radius 3 is 0.983 bits per heavy atom. The number of hydrogen-bond donors (Lipinski definition) is 2. The van der Waals surface area contributed by atoms with Gasteiger partial charge in [0.2, 0.25) is 0 Å². The molecule has 2 N–H and O–H groups in total. The smallest absolute Gasteiger partial charge is 0.206 e. The van der Waals surface area contributed by atoms with E-state index in [1.54, 1.807) is 84.9 Å². The van der Waals surface area contributed by atoms with Crippen LogP contribution in [0.15, 0.2) is 166 Å². The Bertz CT molecular complexity index is 2250. The number of sulfonamides is 4. The first-order valence-electron chi connectivity index (χ1n) is 19.6. The van der Waals surface area contributed by atoms with Crippen molar-refractivity contribution in [1.82, 2.24) is 15.7 Å². The van der Waals surface area contributed by atoms with Crippen LogP contribution < -0.4 is 8.25 Å². The van der Waals surface area contributed by atoms with Gasteiger partial charge in [0.25, 0.3) is 40.1 Å². The van der Waals surface area contributed by atoms with E-state index < -0.39 is 52.2 Å². The molecule has 18 heteroatoms. The van der Waals surface area contributed by atoms with Gasteiger partial charge in [-0.2, -0.15) is 0 Å². The number of nitrogens with zero attached hydrogens (tertiary/aromatic N) is 2. The van der Waals surface area contributed by atoms with Gasteiger partial charge in [-0.15, -0.1) is 28.8 Å². The molecule has 0 aromatic heterocycles. The fraction of sp³-hybridized carbons (Fsp3) is 0.333. The standard InChI is InChI=1S/2C21H26N2O4S3/c2*1-2-21(18-12-6-3-7-13-18)23(30(26,27)20-16-10-5-11-17-20)28-22-29(24,25)19-14-8-4-9-15-19/h2*2,4-5,8-11,14-18,21-22H,1,3,6-7,12-13H2/t2*21-/m11/s1. The molecule has 4 aromatic rings. The van der Waals surface area contributed by atoms with Gasteiger partial charge in [-0.3, -0.25) is 0 Å². The summed E-state index contributed by atoms with van der Waals surface area (Å²) in [6, 6.07) is 30.8. The largest absolute Gasteiger partial charge is 0.253 e. The number of nitrogens with one attached hydrogen (secondary N) is 2. The van der Waals surface area contributed by atoms with Gasteiger partial charge in [0, 0.05) is 24.3 Å². The summed E-state index contributed by atoms with van der Waals surface area (Å²) < 4.78 is 112. The van der Waals surface area contributed by atoms with Crippen molar-refractivity contribution in [1.29, 1.82) is 0 Å². The van der Waals surface area contributed by atoms with E-state index in [4.69, 9.17) is 0 Å². The molecule has 12 nitrogen and oxygen atoms in total. The summed E-state index contributed by atoms with van der Waals surface area (Å²) in [6.45, 7) is 7.74. The van der Waals surface area contributed by atoms with Crippen LogP contribution in [-0.2, 0) is 40.1 Å². The van der Waals surface area contributed by atoms with Crippen LogP contribution in [0, 0.1) is 11.8 Å². The van der Waals surface area contributed by atoms with Crippen LogP contribution in [0.3, 0.4) is 0 Å². The van der Waals surface area contributed by atoms with Gasteiger partial charge in [-0.25, -0.2) is 33.7 Å². The van der Waals surface area contributed by atoms with E-state index in [1.165, 1.54) is 48.5 Å². The Hall–Kier alpha value is -3.30. The Balaban J connectivity index is 0.000000228.